The van der Waals surface area contributed by atoms with Crippen molar-refractivity contribution in [3.05, 3.63) is 75.1 Å². The minimum Gasteiger partial charge on any atom is -0.305 e. The molecule has 0 fully saturated rings. The number of nitriles is 1. The Hall–Kier alpha value is -3.77. The Labute approximate surface area is 151 Å². The zero-order chi connectivity index (χ0) is 18.7. The maximum Gasteiger partial charge on any atom is 0.283 e. The van der Waals surface area contributed by atoms with Crippen LogP contribution in [0.15, 0.2) is 48.8 Å². The number of anilines is 1. The molecule has 26 heavy (non-hydrogen) atoms. The van der Waals surface area contributed by atoms with E-state index >= 15 is 0 Å². The van der Waals surface area contributed by atoms with Crippen LogP contribution in [0.4, 0.5) is 11.5 Å². The summed E-state index contributed by atoms with van der Waals surface area (Å²) in [5.74, 6) is -0.349. The molecule has 0 saturated heterocycles. The van der Waals surface area contributed by atoms with Crippen molar-refractivity contribution in [3.63, 3.8) is 0 Å². The van der Waals surface area contributed by atoms with E-state index in [0.29, 0.717) is 5.82 Å². The van der Waals surface area contributed by atoms with Crippen molar-refractivity contribution in [1.29, 1.82) is 5.26 Å². The quantitative estimate of drug-likeness (QED) is 0.557. The topological polar surface area (TPSA) is 127 Å². The number of nitro benzene ring substituents is 1. The highest BCUT2D eigenvalue weighted by molar-refractivity contribution is 6.31. The minimum absolute atomic E-state index is 0.0560. The van der Waals surface area contributed by atoms with E-state index in [2.05, 4.69) is 15.4 Å². The first-order valence-electron chi connectivity index (χ1n) is 7.16. The maximum absolute atomic E-state index is 12.6. The molecule has 128 valence electrons. The Balaban J connectivity index is 2.03. The van der Waals surface area contributed by atoms with Gasteiger partial charge in [-0.3, -0.25) is 14.9 Å². The summed E-state index contributed by atoms with van der Waals surface area (Å²) in [6.07, 6.45) is 2.79. The molecule has 9 nitrogen and oxygen atoms in total. The van der Waals surface area contributed by atoms with Crippen LogP contribution in [0.2, 0.25) is 5.02 Å². The van der Waals surface area contributed by atoms with Crippen molar-refractivity contribution >= 4 is 29.0 Å². The molecule has 3 aromatic rings. The summed E-state index contributed by atoms with van der Waals surface area (Å²) >= 11 is 5.76. The lowest BCUT2D eigenvalue weighted by molar-refractivity contribution is -0.385. The number of carbonyl (C=O) groups is 1. The molecule has 0 aliphatic heterocycles. The highest BCUT2D eigenvalue weighted by Gasteiger charge is 2.23. The first kappa shape index (κ1) is 17.1. The number of nitro groups is 1. The lowest BCUT2D eigenvalue weighted by Gasteiger charge is -2.09. The molecule has 0 bridgehead atoms. The Bertz CT molecular complexity index is 1040. The average molecular weight is 369 g/mol. The van der Waals surface area contributed by atoms with Crippen molar-refractivity contribution in [3.8, 4) is 11.9 Å². The first-order chi connectivity index (χ1) is 12.5. The van der Waals surface area contributed by atoms with Crippen molar-refractivity contribution in [2.24, 2.45) is 0 Å². The molecule has 1 amide bonds. The van der Waals surface area contributed by atoms with Crippen molar-refractivity contribution in [2.45, 2.75) is 0 Å². The Morgan fingerprint density at radius 3 is 2.81 bits per heavy atom. The fraction of sp³-hybridized carbons (Fsp3) is 0. The largest absolute Gasteiger partial charge is 0.305 e. The molecule has 3 rings (SSSR count). The summed E-state index contributed by atoms with van der Waals surface area (Å²) in [5, 5.41) is 27.1. The molecule has 0 unspecified atom stereocenters. The predicted molar refractivity (Wildman–Crippen MR) is 92.1 cm³/mol. The van der Waals surface area contributed by atoms with Gasteiger partial charge in [-0.2, -0.15) is 15.0 Å². The van der Waals surface area contributed by atoms with Crippen molar-refractivity contribution < 1.29 is 9.72 Å². The molecule has 1 N–H and O–H groups in total. The van der Waals surface area contributed by atoms with Crippen LogP contribution in [0.1, 0.15) is 15.9 Å². The van der Waals surface area contributed by atoms with Gasteiger partial charge in [-0.1, -0.05) is 17.7 Å². The monoisotopic (exact) mass is 368 g/mol. The fourth-order valence-corrected chi connectivity index (χ4v) is 2.39. The Morgan fingerprint density at radius 1 is 1.35 bits per heavy atom. The molecular formula is C16H9ClN6O3. The van der Waals surface area contributed by atoms with Crippen LogP contribution < -0.4 is 5.32 Å². The summed E-state index contributed by atoms with van der Waals surface area (Å²) in [4.78, 5) is 27.2. The summed E-state index contributed by atoms with van der Waals surface area (Å²) in [6, 6.07) is 10.6. The normalized spacial score (nSPS) is 10.2. The number of hydrogen-bond donors (Lipinski definition) is 1. The second-order valence-electron chi connectivity index (χ2n) is 4.99. The number of benzene rings is 1. The van der Waals surface area contributed by atoms with E-state index in [9.17, 15) is 20.2 Å². The van der Waals surface area contributed by atoms with Crippen molar-refractivity contribution in [1.82, 2.24) is 14.8 Å². The van der Waals surface area contributed by atoms with E-state index in [0.717, 1.165) is 6.07 Å². The van der Waals surface area contributed by atoms with Gasteiger partial charge in [0.1, 0.15) is 17.2 Å². The van der Waals surface area contributed by atoms with Crippen LogP contribution in [0.3, 0.4) is 0 Å². The van der Waals surface area contributed by atoms with Gasteiger partial charge in [-0.25, -0.2) is 4.98 Å². The van der Waals surface area contributed by atoms with Gasteiger partial charge >= 0.3 is 0 Å². The van der Waals surface area contributed by atoms with Gasteiger partial charge < -0.3 is 5.32 Å². The summed E-state index contributed by atoms with van der Waals surface area (Å²) in [7, 11) is 0. The fourth-order valence-electron chi connectivity index (χ4n) is 2.23. The number of nitrogens with zero attached hydrogens (tertiary/aromatic N) is 5. The molecule has 0 aliphatic carbocycles. The Kier molecular flexibility index (Phi) is 4.59. The van der Waals surface area contributed by atoms with Gasteiger partial charge in [0.05, 0.1) is 11.1 Å². The van der Waals surface area contributed by atoms with Crippen LogP contribution in [0.5, 0.6) is 0 Å². The zero-order valence-corrected chi connectivity index (χ0v) is 13.7. The minimum atomic E-state index is -0.775. The number of rotatable bonds is 4. The van der Waals surface area contributed by atoms with E-state index in [4.69, 9.17) is 11.6 Å². The SMILES string of the molecule is N#Cc1cnn(-c2ccccn2)c1NC(=O)c1ccc(Cl)cc1[N+](=O)[O-]. The molecule has 0 spiro atoms. The molecular weight excluding hydrogens is 360 g/mol. The third kappa shape index (κ3) is 3.22. The number of amides is 1. The highest BCUT2D eigenvalue weighted by Crippen LogP contribution is 2.25. The van der Waals surface area contributed by atoms with E-state index in [1.807, 2.05) is 6.07 Å². The summed E-state index contributed by atoms with van der Waals surface area (Å²) in [5.41, 5.74) is -0.560. The maximum atomic E-state index is 12.6. The molecule has 1 aromatic carbocycles. The molecule has 0 aliphatic rings. The molecule has 10 heteroatoms. The number of nitrogens with one attached hydrogen (secondary N) is 1. The summed E-state index contributed by atoms with van der Waals surface area (Å²) in [6.45, 7) is 0. The number of hydrogen-bond acceptors (Lipinski definition) is 6. The van der Waals surface area contributed by atoms with Crippen LogP contribution in [0, 0.1) is 21.4 Å². The smallest absolute Gasteiger partial charge is 0.283 e. The number of carbonyl (C=O) groups excluding carboxylic acids is 1. The first-order valence-corrected chi connectivity index (χ1v) is 7.54. The third-order valence-corrected chi connectivity index (χ3v) is 3.62. The van der Waals surface area contributed by atoms with Crippen LogP contribution >= 0.6 is 11.6 Å². The standard InChI is InChI=1S/C16H9ClN6O3/c17-11-4-5-12(13(7-11)23(25)26)16(24)21-15-10(8-18)9-20-22(15)14-3-1-2-6-19-14/h1-7,9H,(H,21,24). The second kappa shape index (κ2) is 7.00. The number of halogens is 1. The average Bonchev–Trinajstić information content (AvgIpc) is 3.04. The van der Waals surface area contributed by atoms with Gasteiger partial charge in [-0.05, 0) is 24.3 Å². The molecule has 0 saturated carbocycles. The van der Waals surface area contributed by atoms with E-state index in [-0.39, 0.29) is 22.0 Å². The molecule has 2 heterocycles. The zero-order valence-electron chi connectivity index (χ0n) is 13.0. The predicted octanol–water partition coefficient (Wildman–Crippen LogP) is 2.95. The molecule has 0 atom stereocenters. The van der Waals surface area contributed by atoms with Crippen molar-refractivity contribution in [2.75, 3.05) is 5.32 Å². The summed E-state index contributed by atoms with van der Waals surface area (Å²) < 4.78 is 1.26. The van der Waals surface area contributed by atoms with Gasteiger partial charge in [0, 0.05) is 17.3 Å². The van der Waals surface area contributed by atoms with Gasteiger partial charge in [0.2, 0.25) is 0 Å². The van der Waals surface area contributed by atoms with Gasteiger partial charge in [0.15, 0.2) is 11.6 Å². The molecule has 0 radical (unpaired) electrons. The van der Waals surface area contributed by atoms with E-state index < -0.39 is 16.5 Å². The van der Waals surface area contributed by atoms with E-state index in [1.165, 1.54) is 29.2 Å². The van der Waals surface area contributed by atoms with Gasteiger partial charge in [0.25, 0.3) is 11.6 Å². The van der Waals surface area contributed by atoms with Crippen LogP contribution in [-0.4, -0.2) is 25.6 Å². The number of pyridine rings is 1. The van der Waals surface area contributed by atoms with Crippen LogP contribution in [0.25, 0.3) is 5.82 Å². The highest BCUT2D eigenvalue weighted by atomic mass is 35.5. The van der Waals surface area contributed by atoms with E-state index in [1.54, 1.807) is 18.2 Å². The van der Waals surface area contributed by atoms with Gasteiger partial charge in [-0.15, -0.1) is 0 Å². The lowest BCUT2D eigenvalue weighted by atomic mass is 10.1. The second-order valence-corrected chi connectivity index (χ2v) is 5.43. The number of aromatic nitrogens is 3. The lowest BCUT2D eigenvalue weighted by Crippen LogP contribution is -2.17. The Morgan fingerprint density at radius 2 is 2.15 bits per heavy atom. The molecule has 2 aromatic heterocycles. The van der Waals surface area contributed by atoms with Crippen LogP contribution in [-0.2, 0) is 0 Å². The third-order valence-electron chi connectivity index (χ3n) is 3.39.